The van der Waals surface area contributed by atoms with Gasteiger partial charge in [0, 0.05) is 28.6 Å². The zero-order valence-corrected chi connectivity index (χ0v) is 32.3. The van der Waals surface area contributed by atoms with Gasteiger partial charge in [-0.3, -0.25) is 29.5 Å². The smallest absolute Gasteiger partial charge is 0.488 e. The quantitative estimate of drug-likeness (QED) is 0.106. The van der Waals surface area contributed by atoms with E-state index in [1.807, 2.05) is 6.08 Å². The van der Waals surface area contributed by atoms with E-state index in [1.54, 1.807) is 36.4 Å². The summed E-state index contributed by atoms with van der Waals surface area (Å²) in [5.74, 6) is -6.54. The minimum Gasteiger partial charge on any atom is -0.507 e. The second-order valence-corrected chi connectivity index (χ2v) is 15.3. The number of phenols is 1. The third-order valence-corrected chi connectivity index (χ3v) is 12.4. The molecule has 0 aromatic heterocycles. The van der Waals surface area contributed by atoms with Crippen LogP contribution in [0.1, 0.15) is 29.9 Å². The highest BCUT2D eigenvalue weighted by Crippen LogP contribution is 2.66. The molecule has 4 N–H and O–H groups in total. The first-order chi connectivity index (χ1) is 27.3. The number of nitrogens with one attached hydrogen (secondary N) is 1. The number of hydrogen-bond acceptors (Lipinski definition) is 11. The normalized spacial score (nSPS) is 25.1. The molecule has 0 unspecified atom stereocenters. The fraction of sp³-hybridized carbons (Fsp3) is 0.268. The number of amides is 4. The molecule has 13 nitrogen and oxygen atoms in total. The van der Waals surface area contributed by atoms with Crippen molar-refractivity contribution in [1.29, 1.82) is 0 Å². The molecule has 2 aliphatic carbocycles. The summed E-state index contributed by atoms with van der Waals surface area (Å²) in [5, 5.41) is 33.1. The van der Waals surface area contributed by atoms with E-state index in [2.05, 4.69) is 5.43 Å². The summed E-state index contributed by atoms with van der Waals surface area (Å²) in [6.45, 7) is 0. The highest BCUT2D eigenvalue weighted by molar-refractivity contribution is 6.58. The number of allylic oxidation sites excluding steroid dienone is 2. The first-order valence-electron chi connectivity index (χ1n) is 18.1. The van der Waals surface area contributed by atoms with Crippen LogP contribution in [0.4, 0.5) is 11.4 Å². The second kappa shape index (κ2) is 14.4. The largest absolute Gasteiger partial charge is 0.507 e. The molecule has 1 saturated carbocycles. The number of methoxy groups -OCH3 is 3. The molecule has 3 fully saturated rings. The lowest BCUT2D eigenvalue weighted by Crippen LogP contribution is -2.53. The Hall–Kier alpha value is -5.54. The van der Waals surface area contributed by atoms with Crippen LogP contribution in [0.15, 0.2) is 90.5 Å². The summed E-state index contributed by atoms with van der Waals surface area (Å²) >= 11 is 12.7. The Bertz CT molecular complexity index is 2380. The van der Waals surface area contributed by atoms with Crippen LogP contribution < -0.4 is 30.0 Å². The number of hydrazine groups is 1. The van der Waals surface area contributed by atoms with Gasteiger partial charge < -0.3 is 29.4 Å². The molecule has 2 heterocycles. The summed E-state index contributed by atoms with van der Waals surface area (Å²) in [6.07, 6.45) is 1.91. The number of halogens is 2. The average molecular weight is 812 g/mol. The molecule has 16 heteroatoms. The van der Waals surface area contributed by atoms with Gasteiger partial charge in [0.2, 0.25) is 11.8 Å². The van der Waals surface area contributed by atoms with Gasteiger partial charge >= 0.3 is 7.12 Å². The van der Waals surface area contributed by atoms with Crippen molar-refractivity contribution in [1.82, 2.24) is 5.01 Å². The number of rotatable bonds is 9. The number of imide groups is 2. The van der Waals surface area contributed by atoms with Crippen molar-refractivity contribution in [2.75, 3.05) is 31.7 Å². The highest BCUT2D eigenvalue weighted by atomic mass is 35.5. The third kappa shape index (κ3) is 5.84. The lowest BCUT2D eigenvalue weighted by Gasteiger charge is -2.50. The lowest BCUT2D eigenvalue weighted by molar-refractivity contribution is -0.138. The standard InChI is InChI=1S/C41H36BCl2N3O10/c1-55-24-10-7-20(8-11-24)41-29(38(50)47(40(41)52)45-31-14-9-22(43)16-30(31)44)19-28-26(36(41)35-32(48)17-25(56-2)18-33(35)57-3)12-13-27-34(28)39(51)46(37(27)49)23-6-4-5-21(15-23)42(53)54/h4-12,14-18,27-29,34,36,45,48,53-54H,13,19H2,1-3H3/t27-,28+,29-,34-,36+,41+/m0/s1. The predicted octanol–water partition coefficient (Wildman–Crippen LogP) is 4.59. The molecular formula is C41H36BCl2N3O10. The molecule has 4 aromatic carbocycles. The minimum absolute atomic E-state index is 0.0336. The number of nitrogens with zero attached hydrogens (tertiary/aromatic N) is 2. The van der Waals surface area contributed by atoms with E-state index in [1.165, 1.54) is 63.8 Å². The van der Waals surface area contributed by atoms with E-state index in [9.17, 15) is 24.7 Å². The van der Waals surface area contributed by atoms with Gasteiger partial charge in [0.05, 0.1) is 60.9 Å². The van der Waals surface area contributed by atoms with Gasteiger partial charge in [0.15, 0.2) is 0 Å². The SMILES string of the molecule is COc1ccc([C@@]23C(=O)N(Nc4ccc(Cl)cc4Cl)C(=O)[C@@H]2C[C@@H]2C(=CC[C@@H]4C(=O)N(c5cccc(B(O)O)c5)C(=O)[C@@H]42)[C@@H]3c2c(O)cc(OC)cc2OC)cc1. The summed E-state index contributed by atoms with van der Waals surface area (Å²) < 4.78 is 16.8. The third-order valence-electron chi connectivity index (χ3n) is 11.8. The van der Waals surface area contributed by atoms with Crippen LogP contribution in [0, 0.1) is 23.7 Å². The van der Waals surface area contributed by atoms with Crippen molar-refractivity contribution in [2.24, 2.45) is 23.7 Å². The maximum atomic E-state index is 15.6. The Labute approximate surface area is 337 Å². The maximum Gasteiger partial charge on any atom is 0.488 e. The summed E-state index contributed by atoms with van der Waals surface area (Å²) in [7, 11) is 2.51. The van der Waals surface area contributed by atoms with E-state index >= 15 is 9.59 Å². The van der Waals surface area contributed by atoms with Crippen LogP contribution in [0.25, 0.3) is 0 Å². The van der Waals surface area contributed by atoms with Gasteiger partial charge in [0.25, 0.3) is 11.8 Å². The van der Waals surface area contributed by atoms with Crippen molar-refractivity contribution in [3.05, 3.63) is 112 Å². The molecule has 292 valence electrons. The number of benzene rings is 4. The van der Waals surface area contributed by atoms with Crippen LogP contribution in [0.5, 0.6) is 23.0 Å². The molecule has 0 spiro atoms. The molecule has 57 heavy (non-hydrogen) atoms. The van der Waals surface area contributed by atoms with Crippen LogP contribution in [-0.4, -0.2) is 72.2 Å². The van der Waals surface area contributed by atoms with Crippen LogP contribution in [0.3, 0.4) is 0 Å². The fourth-order valence-corrected chi connectivity index (χ4v) is 9.85. The summed E-state index contributed by atoms with van der Waals surface area (Å²) in [4.78, 5) is 60.5. The van der Waals surface area contributed by atoms with Gasteiger partial charge in [-0.1, -0.05) is 59.1 Å². The van der Waals surface area contributed by atoms with E-state index in [0.29, 0.717) is 21.9 Å². The Morgan fingerprint density at radius 3 is 2.23 bits per heavy atom. The van der Waals surface area contributed by atoms with Gasteiger partial charge in [-0.15, -0.1) is 0 Å². The Morgan fingerprint density at radius 1 is 0.825 bits per heavy atom. The number of carbonyl (C=O) groups is 4. The van der Waals surface area contributed by atoms with Gasteiger partial charge in [-0.05, 0) is 72.3 Å². The molecule has 4 aromatic rings. The molecule has 0 bridgehead atoms. The molecule has 6 atom stereocenters. The maximum absolute atomic E-state index is 15.6. The molecular weight excluding hydrogens is 776 g/mol. The number of ether oxygens (including phenoxy) is 3. The molecule has 0 radical (unpaired) electrons. The van der Waals surface area contributed by atoms with Gasteiger partial charge in [-0.2, -0.15) is 5.01 Å². The number of carbonyl (C=O) groups excluding carboxylic acids is 4. The summed E-state index contributed by atoms with van der Waals surface area (Å²) in [5.41, 5.74) is 2.85. The molecule has 4 amide bonds. The van der Waals surface area contributed by atoms with Crippen molar-refractivity contribution >= 4 is 70.8 Å². The Balaban J connectivity index is 1.36. The van der Waals surface area contributed by atoms with E-state index in [-0.39, 0.29) is 57.5 Å². The molecule has 8 rings (SSSR count). The van der Waals surface area contributed by atoms with Crippen molar-refractivity contribution in [3.63, 3.8) is 0 Å². The molecule has 2 saturated heterocycles. The van der Waals surface area contributed by atoms with Gasteiger partial charge in [-0.25, -0.2) is 0 Å². The summed E-state index contributed by atoms with van der Waals surface area (Å²) in [6, 6.07) is 20.2. The first-order valence-corrected chi connectivity index (χ1v) is 18.8. The predicted molar refractivity (Wildman–Crippen MR) is 211 cm³/mol. The number of hydrogen-bond donors (Lipinski definition) is 4. The topological polar surface area (TPSA) is 175 Å². The van der Waals surface area contributed by atoms with Crippen LogP contribution in [-0.2, 0) is 24.6 Å². The lowest BCUT2D eigenvalue weighted by atomic mass is 9.49. The van der Waals surface area contributed by atoms with Crippen LogP contribution in [0.2, 0.25) is 10.0 Å². The number of aromatic hydroxyl groups is 1. The molecule has 2 aliphatic heterocycles. The number of phenolic OH excluding ortho intramolecular Hbond substituents is 1. The Morgan fingerprint density at radius 2 is 1.56 bits per heavy atom. The number of fused-ring (bicyclic) bond motifs is 4. The monoisotopic (exact) mass is 811 g/mol. The average Bonchev–Trinajstić information content (AvgIpc) is 3.59. The van der Waals surface area contributed by atoms with E-state index < -0.39 is 65.8 Å². The molecule has 4 aliphatic rings. The zero-order valence-electron chi connectivity index (χ0n) is 30.8. The van der Waals surface area contributed by atoms with Crippen molar-refractivity contribution in [2.45, 2.75) is 24.2 Å². The van der Waals surface area contributed by atoms with Crippen LogP contribution >= 0.6 is 23.2 Å². The van der Waals surface area contributed by atoms with Crippen molar-refractivity contribution < 1.29 is 48.5 Å². The second-order valence-electron chi connectivity index (χ2n) is 14.5. The first kappa shape index (κ1) is 38.3. The Kier molecular flexibility index (Phi) is 9.72. The minimum atomic E-state index is -1.84. The zero-order chi connectivity index (χ0) is 40.5. The fourth-order valence-electron chi connectivity index (χ4n) is 9.40. The van der Waals surface area contributed by atoms with Crippen molar-refractivity contribution in [3.8, 4) is 23.0 Å². The van der Waals surface area contributed by atoms with E-state index in [4.69, 9.17) is 37.4 Å². The highest BCUT2D eigenvalue weighted by Gasteiger charge is 2.71. The van der Waals surface area contributed by atoms with E-state index in [0.717, 1.165) is 9.91 Å². The number of anilines is 2. The van der Waals surface area contributed by atoms with Gasteiger partial charge in [0.1, 0.15) is 23.0 Å².